The van der Waals surface area contributed by atoms with Crippen molar-refractivity contribution in [3.63, 3.8) is 0 Å². The zero-order valence-corrected chi connectivity index (χ0v) is 14.8. The second kappa shape index (κ2) is 9.30. The van der Waals surface area contributed by atoms with Gasteiger partial charge in [0.05, 0.1) is 7.11 Å². The molecule has 0 saturated carbocycles. The highest BCUT2D eigenvalue weighted by molar-refractivity contribution is 5.78. The van der Waals surface area contributed by atoms with Crippen molar-refractivity contribution in [2.24, 2.45) is 0 Å². The molecule has 132 valence electrons. The van der Waals surface area contributed by atoms with Crippen LogP contribution in [0.2, 0.25) is 0 Å². The van der Waals surface area contributed by atoms with E-state index in [9.17, 15) is 9.59 Å². The minimum atomic E-state index is 0.0179. The minimum Gasteiger partial charge on any atom is -0.497 e. The number of likely N-dealkylation sites (tertiary alicyclic amines) is 1. The quantitative estimate of drug-likeness (QED) is 0.771. The first-order chi connectivity index (χ1) is 11.6. The van der Waals surface area contributed by atoms with Gasteiger partial charge in [0, 0.05) is 39.5 Å². The number of nitrogens with zero attached hydrogens (tertiary/aromatic N) is 2. The largest absolute Gasteiger partial charge is 0.497 e. The molecule has 0 spiro atoms. The smallest absolute Gasteiger partial charge is 0.224 e. The molecule has 2 rings (SSSR count). The molecule has 1 fully saturated rings. The standard InChI is InChI=1S/C19H28N2O3/c1-16(22)20(13-9-17-7-6-8-18(15-17)24-2)14-10-19(23)21-11-4-3-5-12-21/h6-8,15H,3-5,9-14H2,1-2H3. The third-order valence-electron chi connectivity index (χ3n) is 4.55. The topological polar surface area (TPSA) is 49.9 Å². The number of hydrogen-bond acceptors (Lipinski definition) is 3. The predicted molar refractivity (Wildman–Crippen MR) is 94.0 cm³/mol. The lowest BCUT2D eigenvalue weighted by atomic mass is 10.1. The summed E-state index contributed by atoms with van der Waals surface area (Å²) in [5.41, 5.74) is 1.13. The lowest BCUT2D eigenvalue weighted by molar-refractivity contribution is -0.134. The monoisotopic (exact) mass is 332 g/mol. The molecule has 0 bridgehead atoms. The lowest BCUT2D eigenvalue weighted by Crippen LogP contribution is -2.39. The molecule has 5 heteroatoms. The maximum Gasteiger partial charge on any atom is 0.224 e. The fraction of sp³-hybridized carbons (Fsp3) is 0.579. The summed E-state index contributed by atoms with van der Waals surface area (Å²) in [5, 5.41) is 0. The number of amides is 2. The zero-order valence-electron chi connectivity index (χ0n) is 14.8. The predicted octanol–water partition coefficient (Wildman–Crippen LogP) is 2.49. The number of carbonyl (C=O) groups is 2. The second-order valence-electron chi connectivity index (χ2n) is 6.30. The Labute approximate surface area is 144 Å². The van der Waals surface area contributed by atoms with E-state index in [4.69, 9.17) is 4.74 Å². The van der Waals surface area contributed by atoms with Gasteiger partial charge in [0.15, 0.2) is 0 Å². The Balaban J connectivity index is 1.82. The van der Waals surface area contributed by atoms with Crippen LogP contribution in [-0.2, 0) is 16.0 Å². The van der Waals surface area contributed by atoms with Crippen LogP contribution < -0.4 is 4.74 Å². The molecule has 1 saturated heterocycles. The average molecular weight is 332 g/mol. The van der Waals surface area contributed by atoms with Crippen LogP contribution >= 0.6 is 0 Å². The van der Waals surface area contributed by atoms with E-state index in [1.54, 1.807) is 18.9 Å². The first-order valence-corrected chi connectivity index (χ1v) is 8.76. The molecule has 5 nitrogen and oxygen atoms in total. The van der Waals surface area contributed by atoms with Crippen molar-refractivity contribution >= 4 is 11.8 Å². The van der Waals surface area contributed by atoms with Crippen molar-refractivity contribution in [2.75, 3.05) is 33.3 Å². The summed E-state index contributed by atoms with van der Waals surface area (Å²) >= 11 is 0. The lowest BCUT2D eigenvalue weighted by Gasteiger charge is -2.28. The van der Waals surface area contributed by atoms with Gasteiger partial charge in [-0.05, 0) is 43.4 Å². The van der Waals surface area contributed by atoms with E-state index >= 15 is 0 Å². The number of rotatable bonds is 7. The highest BCUT2D eigenvalue weighted by Gasteiger charge is 2.18. The van der Waals surface area contributed by atoms with Gasteiger partial charge in [0.25, 0.3) is 0 Å². The van der Waals surface area contributed by atoms with Crippen LogP contribution in [-0.4, -0.2) is 54.9 Å². The van der Waals surface area contributed by atoms with Crippen molar-refractivity contribution in [2.45, 2.75) is 39.0 Å². The Kier molecular flexibility index (Phi) is 7.09. The molecule has 1 heterocycles. The Morgan fingerprint density at radius 1 is 1.17 bits per heavy atom. The van der Waals surface area contributed by atoms with Gasteiger partial charge in [-0.3, -0.25) is 9.59 Å². The second-order valence-corrected chi connectivity index (χ2v) is 6.30. The Bertz CT molecular complexity index is 553. The fourth-order valence-electron chi connectivity index (χ4n) is 3.05. The van der Waals surface area contributed by atoms with Gasteiger partial charge in [0.2, 0.25) is 11.8 Å². The fourth-order valence-corrected chi connectivity index (χ4v) is 3.05. The molecule has 1 aliphatic heterocycles. The van der Waals surface area contributed by atoms with Crippen LogP contribution in [0.4, 0.5) is 0 Å². The van der Waals surface area contributed by atoms with E-state index in [1.165, 1.54) is 6.42 Å². The molecule has 1 aromatic rings. The van der Waals surface area contributed by atoms with Crippen molar-refractivity contribution in [3.05, 3.63) is 29.8 Å². The van der Waals surface area contributed by atoms with Crippen LogP contribution in [0.15, 0.2) is 24.3 Å². The van der Waals surface area contributed by atoms with E-state index in [0.29, 0.717) is 19.5 Å². The summed E-state index contributed by atoms with van der Waals surface area (Å²) in [6, 6.07) is 7.87. The molecule has 0 unspecified atom stereocenters. The first kappa shape index (κ1) is 18.3. The average Bonchev–Trinajstić information content (AvgIpc) is 2.62. The zero-order chi connectivity index (χ0) is 17.4. The van der Waals surface area contributed by atoms with Crippen LogP contribution in [0.25, 0.3) is 0 Å². The third-order valence-corrected chi connectivity index (χ3v) is 4.55. The molecule has 0 N–H and O–H groups in total. The summed E-state index contributed by atoms with van der Waals surface area (Å²) in [4.78, 5) is 27.8. The molecule has 0 aliphatic carbocycles. The summed E-state index contributed by atoms with van der Waals surface area (Å²) < 4.78 is 5.22. The molecule has 24 heavy (non-hydrogen) atoms. The van der Waals surface area contributed by atoms with Gasteiger partial charge >= 0.3 is 0 Å². The van der Waals surface area contributed by atoms with Gasteiger partial charge < -0.3 is 14.5 Å². The van der Waals surface area contributed by atoms with E-state index < -0.39 is 0 Å². The molecule has 0 radical (unpaired) electrons. The van der Waals surface area contributed by atoms with Crippen LogP contribution in [0.1, 0.15) is 38.2 Å². The molecule has 1 aromatic carbocycles. The van der Waals surface area contributed by atoms with E-state index in [0.717, 1.165) is 43.7 Å². The number of hydrogen-bond donors (Lipinski definition) is 0. The van der Waals surface area contributed by atoms with E-state index in [-0.39, 0.29) is 11.8 Å². The molecule has 0 aromatic heterocycles. The summed E-state index contributed by atoms with van der Waals surface area (Å²) in [7, 11) is 1.65. The summed E-state index contributed by atoms with van der Waals surface area (Å²) in [6.45, 7) is 4.41. The number of ether oxygens (including phenoxy) is 1. The van der Waals surface area contributed by atoms with Gasteiger partial charge in [0.1, 0.15) is 5.75 Å². The molecular weight excluding hydrogens is 304 g/mol. The summed E-state index contributed by atoms with van der Waals surface area (Å²) in [5.74, 6) is 1.01. The Morgan fingerprint density at radius 2 is 1.92 bits per heavy atom. The molecular formula is C19H28N2O3. The number of benzene rings is 1. The molecule has 0 atom stereocenters. The van der Waals surface area contributed by atoms with Crippen molar-refractivity contribution in [3.8, 4) is 5.75 Å². The van der Waals surface area contributed by atoms with Crippen molar-refractivity contribution in [1.29, 1.82) is 0 Å². The minimum absolute atomic E-state index is 0.0179. The number of methoxy groups -OCH3 is 1. The van der Waals surface area contributed by atoms with Gasteiger partial charge in [-0.2, -0.15) is 0 Å². The maximum atomic E-state index is 12.3. The van der Waals surface area contributed by atoms with Crippen LogP contribution in [0, 0.1) is 0 Å². The SMILES string of the molecule is COc1cccc(CCN(CCC(=O)N2CCCCC2)C(C)=O)c1. The maximum absolute atomic E-state index is 12.3. The van der Waals surface area contributed by atoms with Gasteiger partial charge in [-0.1, -0.05) is 12.1 Å². The first-order valence-electron chi connectivity index (χ1n) is 8.76. The van der Waals surface area contributed by atoms with Gasteiger partial charge in [-0.15, -0.1) is 0 Å². The van der Waals surface area contributed by atoms with Crippen molar-refractivity contribution < 1.29 is 14.3 Å². The summed E-state index contributed by atoms with van der Waals surface area (Å²) in [6.07, 6.45) is 4.58. The Hall–Kier alpha value is -2.04. The van der Waals surface area contributed by atoms with Gasteiger partial charge in [-0.25, -0.2) is 0 Å². The Morgan fingerprint density at radius 3 is 2.58 bits per heavy atom. The van der Waals surface area contributed by atoms with E-state index in [1.807, 2.05) is 29.2 Å². The van der Waals surface area contributed by atoms with Crippen molar-refractivity contribution in [1.82, 2.24) is 9.80 Å². The third kappa shape index (κ3) is 5.55. The van der Waals surface area contributed by atoms with E-state index in [2.05, 4.69) is 0 Å². The number of piperidine rings is 1. The van der Waals surface area contributed by atoms with Crippen LogP contribution in [0.5, 0.6) is 5.75 Å². The van der Waals surface area contributed by atoms with Crippen LogP contribution in [0.3, 0.4) is 0 Å². The highest BCUT2D eigenvalue weighted by atomic mass is 16.5. The normalized spacial score (nSPS) is 14.3. The highest BCUT2D eigenvalue weighted by Crippen LogP contribution is 2.14. The number of carbonyl (C=O) groups excluding carboxylic acids is 2. The molecule has 2 amide bonds. The molecule has 1 aliphatic rings.